The summed E-state index contributed by atoms with van der Waals surface area (Å²) in [6.45, 7) is 6.33. The van der Waals surface area contributed by atoms with E-state index in [9.17, 15) is 9.90 Å². The molecule has 1 aromatic rings. The molecule has 0 aliphatic rings. The Labute approximate surface area is 145 Å². The van der Waals surface area contributed by atoms with Gasteiger partial charge in [0, 0.05) is 5.92 Å². The zero-order valence-corrected chi connectivity index (χ0v) is 15.2. The van der Waals surface area contributed by atoms with Crippen LogP contribution < -0.4 is 10.1 Å². The largest absolute Gasteiger partial charge is 0.491 e. The number of benzene rings is 1. The van der Waals surface area contributed by atoms with Crippen molar-refractivity contribution in [2.24, 2.45) is 5.92 Å². The second-order valence-corrected chi connectivity index (χ2v) is 6.16. The highest BCUT2D eigenvalue weighted by atomic mass is 16.5. The molecular weight excluding hydrogens is 306 g/mol. The zero-order valence-electron chi connectivity index (χ0n) is 15.2. The molecule has 24 heavy (non-hydrogen) atoms. The molecule has 0 aromatic heterocycles. The number of hydrogen-bond acceptors (Lipinski definition) is 4. The van der Waals surface area contributed by atoms with Crippen molar-refractivity contribution < 1.29 is 24.7 Å². The van der Waals surface area contributed by atoms with Gasteiger partial charge in [-0.25, -0.2) is 4.79 Å². The first kappa shape index (κ1) is 20.5. The molecule has 0 saturated heterocycles. The van der Waals surface area contributed by atoms with Crippen molar-refractivity contribution in [2.75, 3.05) is 26.8 Å². The number of carbonyl (C=O) groups excluding carboxylic acids is 1. The van der Waals surface area contributed by atoms with Gasteiger partial charge < -0.3 is 19.9 Å². The lowest BCUT2D eigenvalue weighted by atomic mass is 9.99. The van der Waals surface area contributed by atoms with Crippen LogP contribution in [0.3, 0.4) is 0 Å². The summed E-state index contributed by atoms with van der Waals surface area (Å²) in [5, 5.41) is 12.2. The van der Waals surface area contributed by atoms with E-state index < -0.39 is 12.1 Å². The number of rotatable bonds is 12. The third kappa shape index (κ3) is 7.79. The van der Waals surface area contributed by atoms with Crippen molar-refractivity contribution >= 4 is 5.97 Å². The Balaban J connectivity index is 2.30. The first-order valence-corrected chi connectivity index (χ1v) is 8.91. The van der Waals surface area contributed by atoms with Crippen LogP contribution in [0.15, 0.2) is 24.3 Å². The molecule has 5 heteroatoms. The van der Waals surface area contributed by atoms with E-state index in [1.54, 1.807) is 24.3 Å². The highest BCUT2D eigenvalue weighted by Gasteiger charge is 2.12. The predicted octanol–water partition coefficient (Wildman–Crippen LogP) is 1.99. The van der Waals surface area contributed by atoms with E-state index in [1.165, 1.54) is 32.8 Å². The molecule has 0 unspecified atom stereocenters. The van der Waals surface area contributed by atoms with Crippen molar-refractivity contribution in [2.45, 2.75) is 45.6 Å². The van der Waals surface area contributed by atoms with E-state index >= 15 is 0 Å². The van der Waals surface area contributed by atoms with Crippen LogP contribution in [0.2, 0.25) is 0 Å². The fourth-order valence-corrected chi connectivity index (χ4v) is 2.60. The summed E-state index contributed by atoms with van der Waals surface area (Å²) in [7, 11) is 1.35. The van der Waals surface area contributed by atoms with Gasteiger partial charge in [-0.1, -0.05) is 32.8 Å². The maximum atomic E-state index is 11.5. The average molecular weight is 338 g/mol. The number of quaternary nitrogens is 1. The molecule has 1 aromatic carbocycles. The van der Waals surface area contributed by atoms with Gasteiger partial charge in [-0.3, -0.25) is 0 Å². The highest BCUT2D eigenvalue weighted by molar-refractivity contribution is 5.89. The first-order chi connectivity index (χ1) is 11.6. The molecule has 0 fully saturated rings. The maximum absolute atomic E-state index is 11.5. The maximum Gasteiger partial charge on any atom is 0.337 e. The highest BCUT2D eigenvalue weighted by Crippen LogP contribution is 2.14. The van der Waals surface area contributed by atoms with Gasteiger partial charge in [0.25, 0.3) is 0 Å². The van der Waals surface area contributed by atoms with Gasteiger partial charge in [-0.2, -0.15) is 0 Å². The van der Waals surface area contributed by atoms with Crippen molar-refractivity contribution in [3.8, 4) is 5.75 Å². The van der Waals surface area contributed by atoms with Crippen molar-refractivity contribution in [1.82, 2.24) is 0 Å². The summed E-state index contributed by atoms with van der Waals surface area (Å²) in [5.74, 6) is 0.883. The molecule has 0 bridgehead atoms. The Morgan fingerprint density at radius 2 is 2.08 bits per heavy atom. The van der Waals surface area contributed by atoms with Crippen molar-refractivity contribution in [3.05, 3.63) is 29.8 Å². The number of unbranched alkanes of at least 4 members (excludes halogenated alkanes) is 1. The van der Waals surface area contributed by atoms with E-state index in [1.807, 2.05) is 0 Å². The lowest BCUT2D eigenvalue weighted by Crippen LogP contribution is -2.87. The molecule has 0 aliphatic carbocycles. The number of esters is 1. The Hall–Kier alpha value is -1.59. The second-order valence-electron chi connectivity index (χ2n) is 6.16. The number of ether oxygens (including phenoxy) is 2. The van der Waals surface area contributed by atoms with E-state index in [0.29, 0.717) is 17.9 Å². The van der Waals surface area contributed by atoms with E-state index in [4.69, 9.17) is 4.74 Å². The van der Waals surface area contributed by atoms with E-state index in [-0.39, 0.29) is 6.61 Å². The summed E-state index contributed by atoms with van der Waals surface area (Å²) in [6, 6.07) is 6.80. The number of methoxy groups -OCH3 is 1. The minimum atomic E-state index is -0.532. The summed E-state index contributed by atoms with van der Waals surface area (Å²) in [5.41, 5.74) is 0.442. The SMILES string of the molecule is CCCC[C@H](CC)C[NH2+]C[C@@H](O)COc1cccc(C(=O)OC)c1. The fourth-order valence-electron chi connectivity index (χ4n) is 2.60. The lowest BCUT2D eigenvalue weighted by molar-refractivity contribution is -0.666. The molecule has 0 aliphatic heterocycles. The number of carbonyl (C=O) groups is 1. The number of nitrogens with two attached hydrogens (primary N) is 1. The molecule has 0 radical (unpaired) electrons. The summed E-state index contributed by atoms with van der Waals surface area (Å²) >= 11 is 0. The average Bonchev–Trinajstić information content (AvgIpc) is 2.62. The van der Waals surface area contributed by atoms with E-state index in [2.05, 4.69) is 23.9 Å². The van der Waals surface area contributed by atoms with Crippen LogP contribution in [0.5, 0.6) is 5.75 Å². The lowest BCUT2D eigenvalue weighted by Gasteiger charge is -2.15. The molecule has 0 saturated carbocycles. The van der Waals surface area contributed by atoms with Gasteiger partial charge in [0.15, 0.2) is 0 Å². The molecule has 136 valence electrons. The van der Waals surface area contributed by atoms with Crippen LogP contribution in [0, 0.1) is 5.92 Å². The molecule has 0 amide bonds. The summed E-state index contributed by atoms with van der Waals surface area (Å²) in [4.78, 5) is 11.5. The van der Waals surface area contributed by atoms with Gasteiger partial charge in [0.05, 0.1) is 19.2 Å². The smallest absolute Gasteiger partial charge is 0.337 e. The van der Waals surface area contributed by atoms with Crippen LogP contribution >= 0.6 is 0 Å². The van der Waals surface area contributed by atoms with Crippen LogP contribution in [0.25, 0.3) is 0 Å². The molecule has 0 spiro atoms. The Morgan fingerprint density at radius 3 is 2.75 bits per heavy atom. The quantitative estimate of drug-likeness (QED) is 0.572. The predicted molar refractivity (Wildman–Crippen MR) is 94.2 cm³/mol. The van der Waals surface area contributed by atoms with Crippen LogP contribution in [-0.2, 0) is 4.74 Å². The van der Waals surface area contributed by atoms with Gasteiger partial charge in [-0.05, 0) is 31.0 Å². The van der Waals surface area contributed by atoms with Crippen LogP contribution in [0.4, 0.5) is 0 Å². The van der Waals surface area contributed by atoms with Crippen LogP contribution in [-0.4, -0.2) is 44.0 Å². The summed E-state index contributed by atoms with van der Waals surface area (Å²) < 4.78 is 10.3. The first-order valence-electron chi connectivity index (χ1n) is 8.91. The Morgan fingerprint density at radius 1 is 1.29 bits per heavy atom. The molecular formula is C19H32NO4+. The normalized spacial score (nSPS) is 13.3. The minimum absolute atomic E-state index is 0.215. The third-order valence-corrected chi connectivity index (χ3v) is 4.18. The second kappa shape index (κ2) is 11.9. The molecule has 5 nitrogen and oxygen atoms in total. The van der Waals surface area contributed by atoms with E-state index in [0.717, 1.165) is 12.5 Å². The van der Waals surface area contributed by atoms with Crippen LogP contribution in [0.1, 0.15) is 49.9 Å². The van der Waals surface area contributed by atoms with Crippen molar-refractivity contribution in [1.29, 1.82) is 0 Å². The molecule has 2 atom stereocenters. The van der Waals surface area contributed by atoms with Gasteiger partial charge >= 0.3 is 5.97 Å². The number of aliphatic hydroxyl groups excluding tert-OH is 1. The molecule has 3 N–H and O–H groups in total. The summed E-state index contributed by atoms with van der Waals surface area (Å²) in [6.07, 6.45) is 4.42. The molecule has 1 rings (SSSR count). The van der Waals surface area contributed by atoms with Gasteiger partial charge in [0.2, 0.25) is 0 Å². The third-order valence-electron chi connectivity index (χ3n) is 4.18. The Bertz CT molecular complexity index is 478. The zero-order chi connectivity index (χ0) is 17.8. The van der Waals surface area contributed by atoms with Gasteiger partial charge in [-0.15, -0.1) is 0 Å². The number of hydrogen-bond donors (Lipinski definition) is 2. The minimum Gasteiger partial charge on any atom is -0.491 e. The monoisotopic (exact) mass is 338 g/mol. The fraction of sp³-hybridized carbons (Fsp3) is 0.632. The topological polar surface area (TPSA) is 72.4 Å². The van der Waals surface area contributed by atoms with Crippen molar-refractivity contribution in [3.63, 3.8) is 0 Å². The van der Waals surface area contributed by atoms with Gasteiger partial charge in [0.1, 0.15) is 25.0 Å². The Kier molecular flexibility index (Phi) is 10.1. The molecule has 0 heterocycles. The number of aliphatic hydroxyl groups is 1. The standard InChI is InChI=1S/C19H31NO4/c1-4-6-8-15(5-2)12-20-13-17(21)14-24-18-10-7-9-16(11-18)19(22)23-3/h7,9-11,15,17,20-21H,4-6,8,12-14H2,1-3H3/p+1/t15-,17+/m0/s1.